The van der Waals surface area contributed by atoms with E-state index in [-0.39, 0.29) is 0 Å². The van der Waals surface area contributed by atoms with Crippen LogP contribution in [0.5, 0.6) is 0 Å². The molecule has 0 fully saturated rings. The second kappa shape index (κ2) is 6.85. The van der Waals surface area contributed by atoms with Gasteiger partial charge in [-0.1, -0.05) is 45.9 Å². The number of benzene rings is 1. The smallest absolute Gasteiger partial charge is 0.0340 e. The topological polar surface area (TPSA) is 12.0 Å². The van der Waals surface area contributed by atoms with Gasteiger partial charge >= 0.3 is 0 Å². The molecule has 0 heterocycles. The first-order valence-corrected chi connectivity index (χ1v) is 6.98. The fraction of sp³-hybridized carbons (Fsp3) is 0.571. The van der Waals surface area contributed by atoms with Crippen LogP contribution in [0.15, 0.2) is 30.3 Å². The molecule has 0 spiro atoms. The monoisotopic (exact) mass is 237 g/mol. The van der Waals surface area contributed by atoms with Crippen molar-refractivity contribution < 1.29 is 0 Å². The summed E-state index contributed by atoms with van der Waals surface area (Å²) >= 11 is 2.06. The van der Waals surface area contributed by atoms with Crippen molar-refractivity contribution in [2.45, 2.75) is 38.2 Å². The lowest BCUT2D eigenvalue weighted by Gasteiger charge is -2.20. The van der Waals surface area contributed by atoms with Gasteiger partial charge in [0.25, 0.3) is 0 Å². The van der Waals surface area contributed by atoms with Gasteiger partial charge in [-0.3, -0.25) is 0 Å². The maximum Gasteiger partial charge on any atom is 0.0340 e. The normalized spacial score (nSPS) is 14.8. The average Bonchev–Trinajstić information content (AvgIpc) is 2.27. The summed E-state index contributed by atoms with van der Waals surface area (Å²) in [5.74, 6) is 0.754. The third-order valence-corrected chi connectivity index (χ3v) is 4.36. The van der Waals surface area contributed by atoms with Gasteiger partial charge in [0.05, 0.1) is 0 Å². The van der Waals surface area contributed by atoms with E-state index >= 15 is 0 Å². The Kier molecular flexibility index (Phi) is 5.75. The van der Waals surface area contributed by atoms with Crippen molar-refractivity contribution in [2.24, 2.45) is 5.92 Å². The summed E-state index contributed by atoms with van der Waals surface area (Å²) in [5.41, 5.74) is 1.21. The molecule has 90 valence electrons. The van der Waals surface area contributed by atoms with Crippen LogP contribution in [0.2, 0.25) is 0 Å². The van der Waals surface area contributed by atoms with Crippen molar-refractivity contribution in [1.82, 2.24) is 0 Å². The molecule has 0 saturated heterocycles. The van der Waals surface area contributed by atoms with E-state index in [1.165, 1.54) is 5.69 Å². The van der Waals surface area contributed by atoms with Crippen molar-refractivity contribution in [3.05, 3.63) is 30.3 Å². The van der Waals surface area contributed by atoms with E-state index in [1.807, 2.05) is 6.07 Å². The van der Waals surface area contributed by atoms with E-state index in [1.54, 1.807) is 0 Å². The summed E-state index contributed by atoms with van der Waals surface area (Å²) in [7, 11) is 0. The Morgan fingerprint density at radius 1 is 1.06 bits per heavy atom. The van der Waals surface area contributed by atoms with Gasteiger partial charge in [-0.05, 0) is 18.1 Å². The molecule has 0 aliphatic heterocycles. The van der Waals surface area contributed by atoms with Crippen LogP contribution in [0.1, 0.15) is 27.7 Å². The zero-order chi connectivity index (χ0) is 12.0. The Bertz CT molecular complexity index is 284. The minimum absolute atomic E-state index is 0.651. The number of rotatable bonds is 6. The second-order valence-electron chi connectivity index (χ2n) is 4.64. The number of thioether (sulfide) groups is 1. The van der Waals surface area contributed by atoms with Gasteiger partial charge in [0, 0.05) is 22.7 Å². The molecular weight excluding hydrogens is 214 g/mol. The van der Waals surface area contributed by atoms with Crippen LogP contribution < -0.4 is 5.32 Å². The maximum absolute atomic E-state index is 3.47. The third-order valence-electron chi connectivity index (χ3n) is 2.75. The summed E-state index contributed by atoms with van der Waals surface area (Å²) in [4.78, 5) is 0. The van der Waals surface area contributed by atoms with Crippen molar-refractivity contribution in [2.75, 3.05) is 11.9 Å². The standard InChI is InChI=1S/C14H23NS/c1-11(2)13(4)16-12(3)10-15-14-8-6-5-7-9-14/h5-9,11-13,15H,10H2,1-4H3. The van der Waals surface area contributed by atoms with Gasteiger partial charge in [0.2, 0.25) is 0 Å². The van der Waals surface area contributed by atoms with Gasteiger partial charge in [-0.25, -0.2) is 0 Å². The lowest BCUT2D eigenvalue weighted by molar-refractivity contribution is 0.640. The van der Waals surface area contributed by atoms with Crippen LogP contribution in [0.3, 0.4) is 0 Å². The second-order valence-corrected chi connectivity index (χ2v) is 6.46. The molecule has 1 aromatic carbocycles. The summed E-state index contributed by atoms with van der Waals surface area (Å²) in [5, 5.41) is 4.85. The largest absolute Gasteiger partial charge is 0.384 e. The molecule has 0 aliphatic rings. The summed E-state index contributed by atoms with van der Waals surface area (Å²) in [6, 6.07) is 10.4. The van der Waals surface area contributed by atoms with Gasteiger partial charge in [-0.15, -0.1) is 0 Å². The SMILES string of the molecule is CC(CNc1ccccc1)SC(C)C(C)C. The first-order valence-electron chi connectivity index (χ1n) is 6.04. The Hall–Kier alpha value is -0.630. The number of nitrogens with one attached hydrogen (secondary N) is 1. The highest BCUT2D eigenvalue weighted by Gasteiger charge is 2.11. The van der Waals surface area contributed by atoms with E-state index < -0.39 is 0 Å². The summed E-state index contributed by atoms with van der Waals surface area (Å²) < 4.78 is 0. The molecular formula is C14H23NS. The molecule has 2 heteroatoms. The first kappa shape index (κ1) is 13.4. The van der Waals surface area contributed by atoms with E-state index in [0.717, 1.165) is 17.7 Å². The highest BCUT2D eigenvalue weighted by atomic mass is 32.2. The van der Waals surface area contributed by atoms with Crippen LogP contribution in [0.25, 0.3) is 0 Å². The first-order chi connectivity index (χ1) is 7.59. The molecule has 2 atom stereocenters. The van der Waals surface area contributed by atoms with Gasteiger partial charge in [0.15, 0.2) is 0 Å². The fourth-order valence-corrected chi connectivity index (χ4v) is 2.62. The summed E-state index contributed by atoms with van der Waals surface area (Å²) in [6.45, 7) is 10.2. The van der Waals surface area contributed by atoms with Crippen molar-refractivity contribution >= 4 is 17.4 Å². The molecule has 2 unspecified atom stereocenters. The Balaban J connectivity index is 2.28. The van der Waals surface area contributed by atoms with Crippen molar-refractivity contribution in [3.63, 3.8) is 0 Å². The van der Waals surface area contributed by atoms with Gasteiger partial charge in [0.1, 0.15) is 0 Å². The van der Waals surface area contributed by atoms with E-state index in [4.69, 9.17) is 0 Å². The zero-order valence-electron chi connectivity index (χ0n) is 10.7. The summed E-state index contributed by atoms with van der Waals surface area (Å²) in [6.07, 6.45) is 0. The number of anilines is 1. The third kappa shape index (κ3) is 4.93. The zero-order valence-corrected chi connectivity index (χ0v) is 11.6. The van der Waals surface area contributed by atoms with Crippen LogP contribution in [-0.2, 0) is 0 Å². The minimum atomic E-state index is 0.651. The van der Waals surface area contributed by atoms with Crippen molar-refractivity contribution in [3.8, 4) is 0 Å². The van der Waals surface area contributed by atoms with Crippen molar-refractivity contribution in [1.29, 1.82) is 0 Å². The maximum atomic E-state index is 3.47. The molecule has 1 nitrogen and oxygen atoms in total. The number of para-hydroxylation sites is 1. The quantitative estimate of drug-likeness (QED) is 0.793. The average molecular weight is 237 g/mol. The molecule has 16 heavy (non-hydrogen) atoms. The molecule has 0 amide bonds. The lowest BCUT2D eigenvalue weighted by Crippen LogP contribution is -2.18. The molecule has 0 bridgehead atoms. The predicted octanol–water partition coefficient (Wildman–Crippen LogP) is 4.26. The van der Waals surface area contributed by atoms with E-state index in [9.17, 15) is 0 Å². The van der Waals surface area contributed by atoms with Crippen LogP contribution >= 0.6 is 11.8 Å². The number of hydrogen-bond acceptors (Lipinski definition) is 2. The van der Waals surface area contributed by atoms with Crippen LogP contribution in [0.4, 0.5) is 5.69 Å². The van der Waals surface area contributed by atoms with E-state index in [2.05, 4.69) is 69.0 Å². The molecule has 1 rings (SSSR count). The molecule has 0 radical (unpaired) electrons. The van der Waals surface area contributed by atoms with Crippen LogP contribution in [-0.4, -0.2) is 17.0 Å². The highest BCUT2D eigenvalue weighted by molar-refractivity contribution is 8.00. The molecule has 0 saturated carbocycles. The molecule has 1 N–H and O–H groups in total. The fourth-order valence-electron chi connectivity index (χ4n) is 1.39. The molecule has 0 aliphatic carbocycles. The molecule has 1 aromatic rings. The van der Waals surface area contributed by atoms with E-state index in [0.29, 0.717) is 5.25 Å². The lowest BCUT2D eigenvalue weighted by atomic mass is 10.2. The Morgan fingerprint density at radius 2 is 1.69 bits per heavy atom. The minimum Gasteiger partial charge on any atom is -0.384 e. The highest BCUT2D eigenvalue weighted by Crippen LogP contribution is 2.23. The predicted molar refractivity (Wildman–Crippen MR) is 76.3 cm³/mol. The van der Waals surface area contributed by atoms with Crippen LogP contribution in [0, 0.1) is 5.92 Å². The Labute approximate surface area is 104 Å². The van der Waals surface area contributed by atoms with Gasteiger partial charge in [-0.2, -0.15) is 11.8 Å². The Morgan fingerprint density at radius 3 is 2.25 bits per heavy atom. The number of hydrogen-bond donors (Lipinski definition) is 1. The molecule has 0 aromatic heterocycles. The van der Waals surface area contributed by atoms with Gasteiger partial charge < -0.3 is 5.32 Å².